The highest BCUT2D eigenvalue weighted by molar-refractivity contribution is 7.90. The zero-order chi connectivity index (χ0) is 15.9. The molecule has 0 unspecified atom stereocenters. The van der Waals surface area contributed by atoms with Crippen LogP contribution in [0.2, 0.25) is 0 Å². The average molecular weight is 324 g/mol. The fraction of sp³-hybridized carbons (Fsp3) is 0.231. The summed E-state index contributed by atoms with van der Waals surface area (Å²) in [7, 11) is -3.56. The summed E-state index contributed by atoms with van der Waals surface area (Å²) in [5, 5.41) is 15.1. The van der Waals surface area contributed by atoms with Crippen molar-refractivity contribution in [1.82, 2.24) is 10.2 Å². The van der Waals surface area contributed by atoms with E-state index in [0.717, 1.165) is 6.26 Å². The molecular formula is C13H12N2O6S. The lowest BCUT2D eigenvalue weighted by atomic mass is 10.1. The first-order valence-corrected chi connectivity index (χ1v) is 8.18. The van der Waals surface area contributed by atoms with Gasteiger partial charge in [-0.05, 0) is 12.1 Å². The molecule has 1 aromatic carbocycles. The Bertz CT molecular complexity index is 855. The average Bonchev–Trinajstić information content (AvgIpc) is 2.95. The van der Waals surface area contributed by atoms with E-state index in [0.29, 0.717) is 24.7 Å². The topological polar surface area (TPSA) is 119 Å². The standard InChI is InChI=1S/C13H12N2O6S/c1-22(18,19)12-6-11-10(20-2-3-21-11)4-7(12)8-5-9(13(16)17)15-14-8/h4-6H,2-3H2,1H3,(H,14,15)(H,16,17). The number of benzene rings is 1. The second-order valence-corrected chi connectivity index (χ2v) is 6.72. The van der Waals surface area contributed by atoms with Crippen molar-refractivity contribution in [2.75, 3.05) is 19.5 Å². The monoisotopic (exact) mass is 324 g/mol. The van der Waals surface area contributed by atoms with Crippen molar-refractivity contribution in [3.8, 4) is 22.8 Å². The maximum Gasteiger partial charge on any atom is 0.353 e. The Labute approximate surface area is 125 Å². The Morgan fingerprint density at radius 1 is 1.23 bits per heavy atom. The normalized spacial score (nSPS) is 13.9. The van der Waals surface area contributed by atoms with Crippen molar-refractivity contribution in [3.63, 3.8) is 0 Å². The molecule has 0 saturated heterocycles. The molecule has 0 radical (unpaired) electrons. The van der Waals surface area contributed by atoms with Crippen LogP contribution in [0.4, 0.5) is 0 Å². The zero-order valence-electron chi connectivity index (χ0n) is 11.5. The number of fused-ring (bicyclic) bond motifs is 1. The smallest absolute Gasteiger partial charge is 0.353 e. The molecule has 1 aliphatic heterocycles. The minimum atomic E-state index is -3.56. The van der Waals surface area contributed by atoms with E-state index < -0.39 is 15.8 Å². The number of H-pyrrole nitrogens is 1. The maximum atomic E-state index is 12.0. The van der Waals surface area contributed by atoms with Crippen molar-refractivity contribution in [1.29, 1.82) is 0 Å². The molecule has 0 atom stereocenters. The lowest BCUT2D eigenvalue weighted by Crippen LogP contribution is -2.16. The van der Waals surface area contributed by atoms with Crippen LogP contribution in [0, 0.1) is 0 Å². The highest BCUT2D eigenvalue weighted by atomic mass is 32.2. The number of nitrogens with one attached hydrogen (secondary N) is 1. The van der Waals surface area contributed by atoms with Gasteiger partial charge < -0.3 is 14.6 Å². The van der Waals surface area contributed by atoms with Crippen LogP contribution < -0.4 is 9.47 Å². The number of carbonyl (C=O) groups is 1. The molecule has 0 bridgehead atoms. The van der Waals surface area contributed by atoms with E-state index in [1.165, 1.54) is 18.2 Å². The largest absolute Gasteiger partial charge is 0.486 e. The lowest BCUT2D eigenvalue weighted by Gasteiger charge is -2.20. The van der Waals surface area contributed by atoms with E-state index in [4.69, 9.17) is 14.6 Å². The van der Waals surface area contributed by atoms with E-state index >= 15 is 0 Å². The van der Waals surface area contributed by atoms with Gasteiger partial charge in [0.25, 0.3) is 0 Å². The van der Waals surface area contributed by atoms with Crippen LogP contribution in [0.3, 0.4) is 0 Å². The predicted molar refractivity (Wildman–Crippen MR) is 75.1 cm³/mol. The quantitative estimate of drug-likeness (QED) is 0.862. The van der Waals surface area contributed by atoms with Crippen LogP contribution in [0.25, 0.3) is 11.3 Å². The minimum Gasteiger partial charge on any atom is -0.486 e. The first-order valence-electron chi connectivity index (χ1n) is 6.29. The third-order valence-electron chi connectivity index (χ3n) is 3.13. The minimum absolute atomic E-state index is 0.000175. The number of carboxylic acids is 1. The SMILES string of the molecule is CS(=O)(=O)c1cc2c(cc1-c1cc(C(=O)O)[nH]n1)OCCO2. The van der Waals surface area contributed by atoms with Crippen LogP contribution in [-0.4, -0.2) is 49.2 Å². The number of aromatic nitrogens is 2. The van der Waals surface area contributed by atoms with Crippen molar-refractivity contribution in [2.24, 2.45) is 0 Å². The van der Waals surface area contributed by atoms with Gasteiger partial charge in [0.1, 0.15) is 18.9 Å². The Kier molecular flexibility index (Phi) is 3.28. The summed E-state index contributed by atoms with van der Waals surface area (Å²) in [5.41, 5.74) is 0.328. The van der Waals surface area contributed by atoms with Gasteiger partial charge in [-0.1, -0.05) is 0 Å². The number of hydrogen-bond acceptors (Lipinski definition) is 6. The highest BCUT2D eigenvalue weighted by Crippen LogP contribution is 2.39. The molecule has 0 saturated carbocycles. The number of ether oxygens (including phenoxy) is 2. The van der Waals surface area contributed by atoms with E-state index in [-0.39, 0.29) is 21.8 Å². The fourth-order valence-electron chi connectivity index (χ4n) is 2.15. The summed E-state index contributed by atoms with van der Waals surface area (Å²) in [5.74, 6) is -0.449. The first kappa shape index (κ1) is 14.4. The number of hydrogen-bond donors (Lipinski definition) is 2. The van der Waals surface area contributed by atoms with Gasteiger partial charge in [0.05, 0.1) is 10.6 Å². The molecule has 116 valence electrons. The van der Waals surface area contributed by atoms with Gasteiger partial charge >= 0.3 is 5.97 Å². The first-order chi connectivity index (χ1) is 10.4. The number of carboxylic acid groups (broad SMARTS) is 1. The van der Waals surface area contributed by atoms with E-state index in [2.05, 4.69) is 10.2 Å². The van der Waals surface area contributed by atoms with Crippen LogP contribution in [-0.2, 0) is 9.84 Å². The van der Waals surface area contributed by atoms with E-state index in [1.54, 1.807) is 0 Å². The number of aromatic amines is 1. The molecule has 9 heteroatoms. The van der Waals surface area contributed by atoms with Crippen LogP contribution in [0.1, 0.15) is 10.5 Å². The molecule has 2 N–H and O–H groups in total. The summed E-state index contributed by atoms with van der Waals surface area (Å²) in [6, 6.07) is 4.13. The predicted octanol–water partition coefficient (Wildman–Crippen LogP) is 0.950. The molecule has 3 rings (SSSR count). The Morgan fingerprint density at radius 2 is 1.86 bits per heavy atom. The molecule has 1 aliphatic rings. The number of nitrogens with zero attached hydrogens (tertiary/aromatic N) is 1. The summed E-state index contributed by atoms with van der Waals surface area (Å²) >= 11 is 0. The summed E-state index contributed by atoms with van der Waals surface area (Å²) in [6.07, 6.45) is 1.06. The van der Waals surface area contributed by atoms with Crippen molar-refractivity contribution < 1.29 is 27.8 Å². The molecule has 0 fully saturated rings. The second-order valence-electron chi connectivity index (χ2n) is 4.74. The number of aromatic carboxylic acids is 1. The molecule has 0 aliphatic carbocycles. The molecule has 0 amide bonds. The molecule has 2 aromatic rings. The van der Waals surface area contributed by atoms with Gasteiger partial charge in [-0.15, -0.1) is 0 Å². The van der Waals surface area contributed by atoms with Crippen molar-refractivity contribution >= 4 is 15.8 Å². The van der Waals surface area contributed by atoms with Gasteiger partial charge in [-0.2, -0.15) is 5.10 Å². The van der Waals surface area contributed by atoms with E-state index in [1.807, 2.05) is 0 Å². The van der Waals surface area contributed by atoms with Gasteiger partial charge in [0.2, 0.25) is 0 Å². The van der Waals surface area contributed by atoms with Crippen LogP contribution in [0.5, 0.6) is 11.5 Å². The zero-order valence-corrected chi connectivity index (χ0v) is 12.3. The molecule has 0 spiro atoms. The van der Waals surface area contributed by atoms with Crippen LogP contribution in [0.15, 0.2) is 23.1 Å². The fourth-order valence-corrected chi connectivity index (χ4v) is 3.03. The summed E-state index contributed by atoms with van der Waals surface area (Å²) in [6.45, 7) is 0.687. The Balaban J connectivity index is 2.21. The third-order valence-corrected chi connectivity index (χ3v) is 4.26. The second kappa shape index (κ2) is 5.02. The number of rotatable bonds is 3. The number of sulfone groups is 1. The van der Waals surface area contributed by atoms with E-state index in [9.17, 15) is 13.2 Å². The van der Waals surface area contributed by atoms with Gasteiger partial charge in [-0.3, -0.25) is 5.10 Å². The Hall–Kier alpha value is -2.55. The molecule has 1 aromatic heterocycles. The molecule has 22 heavy (non-hydrogen) atoms. The molecule has 8 nitrogen and oxygen atoms in total. The van der Waals surface area contributed by atoms with Crippen molar-refractivity contribution in [3.05, 3.63) is 23.9 Å². The lowest BCUT2D eigenvalue weighted by molar-refractivity contribution is 0.0690. The summed E-state index contributed by atoms with van der Waals surface area (Å²) < 4.78 is 34.8. The van der Waals surface area contributed by atoms with Gasteiger partial charge in [0.15, 0.2) is 21.3 Å². The van der Waals surface area contributed by atoms with Crippen molar-refractivity contribution in [2.45, 2.75) is 4.90 Å². The van der Waals surface area contributed by atoms with Crippen LogP contribution >= 0.6 is 0 Å². The highest BCUT2D eigenvalue weighted by Gasteiger charge is 2.23. The third kappa shape index (κ3) is 2.50. The maximum absolute atomic E-state index is 12.0. The van der Waals surface area contributed by atoms with Gasteiger partial charge in [-0.25, -0.2) is 13.2 Å². The van der Waals surface area contributed by atoms with Gasteiger partial charge in [0, 0.05) is 17.9 Å². The summed E-state index contributed by atoms with van der Waals surface area (Å²) in [4.78, 5) is 10.9. The Morgan fingerprint density at radius 3 is 2.41 bits per heavy atom. The molecule has 2 heterocycles. The molecular weight excluding hydrogens is 312 g/mol.